The largest absolute Gasteiger partial charge is 0.496 e. The molecular weight excluding hydrogens is 388 g/mol. The average Bonchev–Trinajstić information content (AvgIpc) is 3.22. The molecule has 0 aromatic carbocycles. The fourth-order valence-corrected chi connectivity index (χ4v) is 3.29. The topological polar surface area (TPSA) is 125 Å². The Morgan fingerprint density at radius 2 is 2.03 bits per heavy atom. The van der Waals surface area contributed by atoms with Gasteiger partial charge < -0.3 is 29.4 Å². The SMILES string of the molecule is COc1cc(C(=O)N2CCOCC2)cnc1Nc1cc(OC)c2c(C#N)c[nH]c2n1. The first-order valence-electron chi connectivity index (χ1n) is 9.29. The van der Waals surface area contributed by atoms with E-state index in [9.17, 15) is 10.1 Å². The van der Waals surface area contributed by atoms with Crippen molar-refractivity contribution in [3.63, 3.8) is 0 Å². The van der Waals surface area contributed by atoms with Gasteiger partial charge in [-0.25, -0.2) is 9.97 Å². The first kappa shape index (κ1) is 19.5. The Balaban J connectivity index is 1.63. The molecule has 0 radical (unpaired) electrons. The quantitative estimate of drug-likeness (QED) is 0.657. The number of aromatic amines is 1. The lowest BCUT2D eigenvalue weighted by molar-refractivity contribution is 0.0302. The molecule has 1 amide bonds. The van der Waals surface area contributed by atoms with Crippen molar-refractivity contribution < 1.29 is 19.0 Å². The molecule has 0 saturated carbocycles. The average molecular weight is 408 g/mol. The number of morpholine rings is 1. The molecule has 154 valence electrons. The molecule has 30 heavy (non-hydrogen) atoms. The smallest absolute Gasteiger partial charge is 0.255 e. The molecule has 2 N–H and O–H groups in total. The predicted molar refractivity (Wildman–Crippen MR) is 108 cm³/mol. The van der Waals surface area contributed by atoms with Crippen molar-refractivity contribution in [1.82, 2.24) is 19.9 Å². The molecule has 10 heteroatoms. The Hall–Kier alpha value is -3.84. The second-order valence-electron chi connectivity index (χ2n) is 6.55. The van der Waals surface area contributed by atoms with Crippen LogP contribution in [0, 0.1) is 11.3 Å². The zero-order chi connectivity index (χ0) is 21.1. The number of amides is 1. The highest BCUT2D eigenvalue weighted by Crippen LogP contribution is 2.32. The number of H-pyrrole nitrogens is 1. The van der Waals surface area contributed by atoms with Gasteiger partial charge in [0, 0.05) is 31.5 Å². The number of aromatic nitrogens is 3. The van der Waals surface area contributed by atoms with Crippen molar-refractivity contribution in [2.75, 3.05) is 45.8 Å². The summed E-state index contributed by atoms with van der Waals surface area (Å²) in [5, 5.41) is 12.9. The van der Waals surface area contributed by atoms with Crippen LogP contribution in [0.2, 0.25) is 0 Å². The van der Waals surface area contributed by atoms with E-state index >= 15 is 0 Å². The molecule has 3 aromatic rings. The second kappa shape index (κ2) is 8.26. The van der Waals surface area contributed by atoms with E-state index < -0.39 is 0 Å². The maximum atomic E-state index is 12.7. The number of carbonyl (C=O) groups is 1. The number of methoxy groups -OCH3 is 2. The molecule has 1 fully saturated rings. The van der Waals surface area contributed by atoms with Gasteiger partial charge in [-0.15, -0.1) is 0 Å². The zero-order valence-electron chi connectivity index (χ0n) is 16.6. The fourth-order valence-electron chi connectivity index (χ4n) is 3.29. The number of nitriles is 1. The van der Waals surface area contributed by atoms with Crippen LogP contribution < -0.4 is 14.8 Å². The number of rotatable bonds is 5. The first-order chi connectivity index (χ1) is 14.6. The van der Waals surface area contributed by atoms with E-state index in [-0.39, 0.29) is 5.91 Å². The Morgan fingerprint density at radius 1 is 1.27 bits per heavy atom. The third kappa shape index (κ3) is 3.58. The third-order valence-electron chi connectivity index (χ3n) is 4.81. The van der Waals surface area contributed by atoms with Crippen LogP contribution in [0.25, 0.3) is 11.0 Å². The van der Waals surface area contributed by atoms with Gasteiger partial charge >= 0.3 is 0 Å². The molecule has 0 bridgehead atoms. The Labute approximate surface area is 172 Å². The van der Waals surface area contributed by atoms with Crippen molar-refractivity contribution >= 4 is 28.6 Å². The maximum Gasteiger partial charge on any atom is 0.255 e. The minimum absolute atomic E-state index is 0.118. The molecular formula is C20H20N6O4. The van der Waals surface area contributed by atoms with Gasteiger partial charge in [-0.3, -0.25) is 4.79 Å². The molecule has 0 unspecified atom stereocenters. The van der Waals surface area contributed by atoms with Gasteiger partial charge in [0.05, 0.1) is 43.9 Å². The summed E-state index contributed by atoms with van der Waals surface area (Å²) in [4.78, 5) is 26.2. The summed E-state index contributed by atoms with van der Waals surface area (Å²) in [7, 11) is 3.03. The first-order valence-corrected chi connectivity index (χ1v) is 9.29. The predicted octanol–water partition coefficient (Wildman–Crippen LogP) is 2.06. The van der Waals surface area contributed by atoms with Gasteiger partial charge in [-0.2, -0.15) is 5.26 Å². The summed E-state index contributed by atoms with van der Waals surface area (Å²) in [6.45, 7) is 2.15. The van der Waals surface area contributed by atoms with Crippen molar-refractivity contribution in [1.29, 1.82) is 5.26 Å². The second-order valence-corrected chi connectivity index (χ2v) is 6.55. The highest BCUT2D eigenvalue weighted by atomic mass is 16.5. The molecule has 4 heterocycles. The number of fused-ring (bicyclic) bond motifs is 1. The van der Waals surface area contributed by atoms with E-state index in [0.717, 1.165) is 0 Å². The van der Waals surface area contributed by atoms with Crippen LogP contribution in [0.1, 0.15) is 15.9 Å². The number of pyridine rings is 2. The van der Waals surface area contributed by atoms with Crippen LogP contribution in [0.3, 0.4) is 0 Å². The van der Waals surface area contributed by atoms with E-state index in [2.05, 4.69) is 26.3 Å². The van der Waals surface area contributed by atoms with E-state index in [0.29, 0.717) is 71.6 Å². The Bertz CT molecular complexity index is 1130. The molecule has 3 aromatic heterocycles. The van der Waals surface area contributed by atoms with Crippen LogP contribution >= 0.6 is 0 Å². The summed E-state index contributed by atoms with van der Waals surface area (Å²) >= 11 is 0. The Kier molecular flexibility index (Phi) is 5.36. The third-order valence-corrected chi connectivity index (χ3v) is 4.81. The van der Waals surface area contributed by atoms with Crippen molar-refractivity contribution in [3.8, 4) is 17.6 Å². The van der Waals surface area contributed by atoms with Crippen molar-refractivity contribution in [2.24, 2.45) is 0 Å². The van der Waals surface area contributed by atoms with Crippen molar-refractivity contribution in [3.05, 3.63) is 35.7 Å². The van der Waals surface area contributed by atoms with Crippen LogP contribution in [-0.2, 0) is 4.74 Å². The van der Waals surface area contributed by atoms with E-state index in [4.69, 9.17) is 14.2 Å². The van der Waals surface area contributed by atoms with Crippen LogP contribution in [0.4, 0.5) is 11.6 Å². The number of carbonyl (C=O) groups excluding carboxylic acids is 1. The summed E-state index contributed by atoms with van der Waals surface area (Å²) in [5.74, 6) is 1.63. The number of hydrogen-bond acceptors (Lipinski definition) is 8. The molecule has 0 spiro atoms. The van der Waals surface area contributed by atoms with Crippen LogP contribution in [-0.4, -0.2) is 66.3 Å². The number of anilines is 2. The zero-order valence-corrected chi connectivity index (χ0v) is 16.6. The summed E-state index contributed by atoms with van der Waals surface area (Å²) in [5.41, 5.74) is 1.39. The van der Waals surface area contributed by atoms with Gasteiger partial charge in [0.1, 0.15) is 23.3 Å². The van der Waals surface area contributed by atoms with Gasteiger partial charge in [-0.1, -0.05) is 0 Å². The standard InChI is InChI=1S/C20H20N6O4/c1-28-14-8-16(25-19-17(14)13(9-21)11-23-19)24-18-15(29-2)7-12(10-22-18)20(27)26-3-5-30-6-4-26/h7-8,10-11H,3-6H2,1-2H3,(H2,22,23,24,25). The van der Waals surface area contributed by atoms with E-state index in [1.807, 2.05) is 0 Å². The highest BCUT2D eigenvalue weighted by molar-refractivity contribution is 5.95. The number of nitrogens with one attached hydrogen (secondary N) is 2. The van der Waals surface area contributed by atoms with Crippen LogP contribution in [0.15, 0.2) is 24.5 Å². The number of ether oxygens (including phenoxy) is 3. The van der Waals surface area contributed by atoms with Gasteiger partial charge in [0.25, 0.3) is 5.91 Å². The molecule has 1 aliphatic rings. The number of hydrogen-bond donors (Lipinski definition) is 2. The maximum absolute atomic E-state index is 12.7. The molecule has 0 aliphatic carbocycles. The monoisotopic (exact) mass is 408 g/mol. The minimum atomic E-state index is -0.118. The number of nitrogens with zero attached hydrogens (tertiary/aromatic N) is 4. The van der Waals surface area contributed by atoms with E-state index in [1.165, 1.54) is 20.4 Å². The highest BCUT2D eigenvalue weighted by Gasteiger charge is 2.21. The summed E-state index contributed by atoms with van der Waals surface area (Å²) in [6.07, 6.45) is 3.08. The molecule has 1 aliphatic heterocycles. The lowest BCUT2D eigenvalue weighted by Crippen LogP contribution is -2.40. The lowest BCUT2D eigenvalue weighted by Gasteiger charge is -2.27. The van der Waals surface area contributed by atoms with E-state index in [1.54, 1.807) is 23.2 Å². The van der Waals surface area contributed by atoms with Gasteiger partial charge in [-0.05, 0) is 6.07 Å². The molecule has 0 atom stereocenters. The normalized spacial score (nSPS) is 13.7. The fraction of sp³-hybridized carbons (Fsp3) is 0.300. The Morgan fingerprint density at radius 3 is 2.73 bits per heavy atom. The van der Waals surface area contributed by atoms with Gasteiger partial charge in [0.15, 0.2) is 11.6 Å². The lowest BCUT2D eigenvalue weighted by atomic mass is 10.2. The molecule has 4 rings (SSSR count). The molecule has 1 saturated heterocycles. The summed E-state index contributed by atoms with van der Waals surface area (Å²) < 4.78 is 16.1. The minimum Gasteiger partial charge on any atom is -0.496 e. The van der Waals surface area contributed by atoms with Crippen molar-refractivity contribution in [2.45, 2.75) is 0 Å². The van der Waals surface area contributed by atoms with Crippen LogP contribution in [0.5, 0.6) is 11.5 Å². The summed E-state index contributed by atoms with van der Waals surface area (Å²) in [6, 6.07) is 5.42. The van der Waals surface area contributed by atoms with Gasteiger partial charge in [0.2, 0.25) is 0 Å². The molecule has 10 nitrogen and oxygen atoms in total.